The number of pyridine rings is 1. The number of hydrogen-bond donors (Lipinski definition) is 0. The third-order valence-electron chi connectivity index (χ3n) is 3.24. The number of carbonyl (C=O) groups excluding carboxylic acids is 1. The minimum absolute atomic E-state index is 0.0352. The van der Waals surface area contributed by atoms with Crippen LogP contribution in [-0.4, -0.2) is 52.2 Å². The molecule has 1 aliphatic rings. The van der Waals surface area contributed by atoms with Crippen molar-refractivity contribution in [3.05, 3.63) is 36.0 Å². The molecule has 1 saturated heterocycles. The zero-order valence-corrected chi connectivity index (χ0v) is 11.2. The molecule has 0 saturated carbocycles. The Labute approximate surface area is 116 Å². The average molecular weight is 273 g/mol. The minimum Gasteiger partial charge on any atom is -0.408 e. The van der Waals surface area contributed by atoms with E-state index >= 15 is 0 Å². The van der Waals surface area contributed by atoms with Crippen LogP contribution >= 0.6 is 0 Å². The van der Waals surface area contributed by atoms with Crippen LogP contribution in [0.2, 0.25) is 0 Å². The van der Waals surface area contributed by atoms with Crippen molar-refractivity contribution < 1.29 is 9.21 Å². The van der Waals surface area contributed by atoms with Crippen LogP contribution in [0.15, 0.2) is 28.8 Å². The number of hydrogen-bond acceptors (Lipinski definition) is 6. The van der Waals surface area contributed by atoms with Crippen LogP contribution in [-0.2, 0) is 0 Å². The van der Waals surface area contributed by atoms with Crippen molar-refractivity contribution in [3.8, 4) is 0 Å². The molecule has 1 aliphatic heterocycles. The molecule has 104 valence electrons. The van der Waals surface area contributed by atoms with Gasteiger partial charge in [0, 0.05) is 39.3 Å². The molecule has 0 radical (unpaired) electrons. The van der Waals surface area contributed by atoms with Crippen LogP contribution in [0.5, 0.6) is 0 Å². The predicted octanol–water partition coefficient (Wildman–Crippen LogP) is 0.735. The number of aromatic nitrogens is 3. The summed E-state index contributed by atoms with van der Waals surface area (Å²) in [4.78, 5) is 20.1. The van der Waals surface area contributed by atoms with Crippen molar-refractivity contribution in [2.24, 2.45) is 0 Å². The third kappa shape index (κ3) is 2.47. The van der Waals surface area contributed by atoms with E-state index in [1.165, 1.54) is 0 Å². The quantitative estimate of drug-likeness (QED) is 0.803. The van der Waals surface area contributed by atoms with Gasteiger partial charge in [-0.2, -0.15) is 0 Å². The highest BCUT2D eigenvalue weighted by molar-refractivity contribution is 5.92. The summed E-state index contributed by atoms with van der Waals surface area (Å²) in [7, 11) is 0. The van der Waals surface area contributed by atoms with Gasteiger partial charge < -0.3 is 14.2 Å². The van der Waals surface area contributed by atoms with Gasteiger partial charge in [0.15, 0.2) is 0 Å². The highest BCUT2D eigenvalue weighted by Crippen LogP contribution is 2.15. The number of piperazine rings is 1. The maximum Gasteiger partial charge on any atom is 0.318 e. The van der Waals surface area contributed by atoms with E-state index in [2.05, 4.69) is 15.2 Å². The van der Waals surface area contributed by atoms with E-state index < -0.39 is 0 Å². The standard InChI is InChI=1S/C13H15N5O2/c1-10-15-16-13(20-10)18-8-6-17(7-9-18)12(19)11-4-2-3-5-14-11/h2-5H,6-9H2,1H3. The van der Waals surface area contributed by atoms with Gasteiger partial charge in [0.1, 0.15) is 5.69 Å². The SMILES string of the molecule is Cc1nnc(N2CCN(C(=O)c3ccccn3)CC2)o1. The van der Waals surface area contributed by atoms with Crippen molar-refractivity contribution in [2.75, 3.05) is 31.1 Å². The Hall–Kier alpha value is -2.44. The summed E-state index contributed by atoms with van der Waals surface area (Å²) in [6.45, 7) is 4.37. The molecular weight excluding hydrogens is 258 g/mol. The van der Waals surface area contributed by atoms with E-state index in [1.807, 2.05) is 11.0 Å². The second-order valence-electron chi connectivity index (χ2n) is 4.60. The zero-order chi connectivity index (χ0) is 13.9. The van der Waals surface area contributed by atoms with Gasteiger partial charge in [0.25, 0.3) is 5.91 Å². The molecule has 7 nitrogen and oxygen atoms in total. The largest absolute Gasteiger partial charge is 0.408 e. The van der Waals surface area contributed by atoms with Crippen LogP contribution in [0, 0.1) is 6.92 Å². The van der Waals surface area contributed by atoms with Gasteiger partial charge in [0.2, 0.25) is 5.89 Å². The molecule has 0 atom stereocenters. The second-order valence-corrected chi connectivity index (χ2v) is 4.60. The number of nitrogens with zero attached hydrogens (tertiary/aromatic N) is 5. The molecule has 0 aromatic carbocycles. The van der Waals surface area contributed by atoms with Crippen molar-refractivity contribution in [2.45, 2.75) is 6.92 Å². The summed E-state index contributed by atoms with van der Waals surface area (Å²) in [6, 6.07) is 5.87. The monoisotopic (exact) mass is 273 g/mol. The highest BCUT2D eigenvalue weighted by Gasteiger charge is 2.25. The van der Waals surface area contributed by atoms with Crippen molar-refractivity contribution in [1.29, 1.82) is 0 Å². The Kier molecular flexibility index (Phi) is 3.32. The smallest absolute Gasteiger partial charge is 0.318 e. The fourth-order valence-corrected chi connectivity index (χ4v) is 2.17. The van der Waals surface area contributed by atoms with Crippen LogP contribution in [0.25, 0.3) is 0 Å². The van der Waals surface area contributed by atoms with Crippen LogP contribution < -0.4 is 4.90 Å². The molecule has 3 heterocycles. The molecule has 2 aromatic rings. The second kappa shape index (κ2) is 5.28. The van der Waals surface area contributed by atoms with E-state index in [0.717, 1.165) is 0 Å². The molecule has 0 bridgehead atoms. The molecule has 20 heavy (non-hydrogen) atoms. The van der Waals surface area contributed by atoms with Crippen LogP contribution in [0.1, 0.15) is 16.4 Å². The first kappa shape index (κ1) is 12.6. The number of rotatable bonds is 2. The summed E-state index contributed by atoms with van der Waals surface area (Å²) in [6.07, 6.45) is 1.63. The van der Waals surface area contributed by atoms with E-state index in [-0.39, 0.29) is 5.91 Å². The van der Waals surface area contributed by atoms with Gasteiger partial charge in [-0.25, -0.2) is 0 Å². The van der Waals surface area contributed by atoms with Gasteiger partial charge in [-0.05, 0) is 12.1 Å². The topological polar surface area (TPSA) is 75.4 Å². The molecule has 0 aliphatic carbocycles. The van der Waals surface area contributed by atoms with E-state index in [1.54, 1.807) is 30.2 Å². The molecule has 1 amide bonds. The molecular formula is C13H15N5O2. The lowest BCUT2D eigenvalue weighted by molar-refractivity contribution is 0.0739. The van der Waals surface area contributed by atoms with Gasteiger partial charge in [-0.15, -0.1) is 5.10 Å². The minimum atomic E-state index is -0.0352. The molecule has 0 unspecified atom stereocenters. The molecule has 1 fully saturated rings. The fraction of sp³-hybridized carbons (Fsp3) is 0.385. The summed E-state index contributed by atoms with van der Waals surface area (Å²) < 4.78 is 5.39. The van der Waals surface area contributed by atoms with E-state index in [9.17, 15) is 4.79 Å². The number of carbonyl (C=O) groups is 1. The summed E-state index contributed by atoms with van der Waals surface area (Å²) in [5.74, 6) is 0.513. The maximum absolute atomic E-state index is 12.2. The van der Waals surface area contributed by atoms with E-state index in [4.69, 9.17) is 4.42 Å². The molecule has 7 heteroatoms. The number of aryl methyl sites for hydroxylation is 1. The predicted molar refractivity (Wildman–Crippen MR) is 71.4 cm³/mol. The Morgan fingerprint density at radius 2 is 2.00 bits per heavy atom. The first-order valence-electron chi connectivity index (χ1n) is 6.49. The molecule has 0 N–H and O–H groups in total. The lowest BCUT2D eigenvalue weighted by Gasteiger charge is -2.33. The number of amides is 1. The van der Waals surface area contributed by atoms with Gasteiger partial charge in [-0.3, -0.25) is 9.78 Å². The van der Waals surface area contributed by atoms with Gasteiger partial charge in [0.05, 0.1) is 0 Å². The summed E-state index contributed by atoms with van der Waals surface area (Å²) in [5.41, 5.74) is 0.481. The lowest BCUT2D eigenvalue weighted by atomic mass is 10.2. The first-order valence-corrected chi connectivity index (χ1v) is 6.49. The van der Waals surface area contributed by atoms with Gasteiger partial charge >= 0.3 is 6.01 Å². The van der Waals surface area contributed by atoms with Crippen molar-refractivity contribution in [1.82, 2.24) is 20.1 Å². The molecule has 0 spiro atoms. The Morgan fingerprint density at radius 3 is 2.60 bits per heavy atom. The fourth-order valence-electron chi connectivity index (χ4n) is 2.17. The average Bonchev–Trinajstić information content (AvgIpc) is 2.94. The summed E-state index contributed by atoms with van der Waals surface area (Å²) >= 11 is 0. The van der Waals surface area contributed by atoms with Crippen LogP contribution in [0.3, 0.4) is 0 Å². The van der Waals surface area contributed by atoms with Crippen LogP contribution in [0.4, 0.5) is 6.01 Å². The first-order chi connectivity index (χ1) is 9.74. The maximum atomic E-state index is 12.2. The summed E-state index contributed by atoms with van der Waals surface area (Å²) in [5, 5.41) is 7.81. The third-order valence-corrected chi connectivity index (χ3v) is 3.24. The Morgan fingerprint density at radius 1 is 1.20 bits per heavy atom. The van der Waals surface area contributed by atoms with E-state index in [0.29, 0.717) is 43.8 Å². The van der Waals surface area contributed by atoms with Gasteiger partial charge in [-0.1, -0.05) is 11.2 Å². The Bertz CT molecular complexity index is 590. The van der Waals surface area contributed by atoms with Crippen molar-refractivity contribution in [3.63, 3.8) is 0 Å². The zero-order valence-electron chi connectivity index (χ0n) is 11.2. The van der Waals surface area contributed by atoms with Crippen molar-refractivity contribution >= 4 is 11.9 Å². The number of anilines is 1. The molecule has 2 aromatic heterocycles. The Balaban J connectivity index is 1.63. The lowest BCUT2D eigenvalue weighted by Crippen LogP contribution is -2.49. The normalized spacial score (nSPS) is 15.4. The molecule has 3 rings (SSSR count). The highest BCUT2D eigenvalue weighted by atomic mass is 16.4.